The van der Waals surface area contributed by atoms with E-state index in [4.69, 9.17) is 0 Å². The maximum Gasteiger partial charge on any atom is 0.0547 e. The molecule has 332 valence electrons. The van der Waals surface area contributed by atoms with Crippen LogP contribution in [0.3, 0.4) is 0 Å². The topological polar surface area (TPSA) is 4.93 Å². The van der Waals surface area contributed by atoms with Gasteiger partial charge in [-0.1, -0.05) is 188 Å². The smallest absolute Gasteiger partial charge is 0.0547 e. The zero-order valence-corrected chi connectivity index (χ0v) is 43.1. The molecule has 3 aliphatic carbocycles. The van der Waals surface area contributed by atoms with Gasteiger partial charge in [-0.15, -0.1) is 0 Å². The molecule has 14 rings (SSSR count). The van der Waals surface area contributed by atoms with E-state index in [2.05, 4.69) is 281 Å². The molecule has 0 atom stereocenters. The highest BCUT2D eigenvalue weighted by Crippen LogP contribution is 2.51. The van der Waals surface area contributed by atoms with Gasteiger partial charge in [-0.05, 0) is 190 Å². The van der Waals surface area contributed by atoms with Crippen molar-refractivity contribution < 1.29 is 0 Å². The minimum Gasteiger partial charge on any atom is -0.309 e. The van der Waals surface area contributed by atoms with Gasteiger partial charge in [0.2, 0.25) is 0 Å². The van der Waals surface area contributed by atoms with Gasteiger partial charge in [-0.25, -0.2) is 0 Å². The van der Waals surface area contributed by atoms with Gasteiger partial charge in [-0.3, -0.25) is 0 Å². The van der Waals surface area contributed by atoms with Crippen molar-refractivity contribution in [2.75, 3.05) is 0 Å². The lowest BCUT2D eigenvalue weighted by Gasteiger charge is -2.22. The standard InChI is InChI=1S/C31H22BrN.C17H12.C15H12BrI.CH4/c1-31(2)27-17-21(32)11-13-23(27)24-14-12-22(18-28(24)31)33-29-10-6-5-9-25(29)26-15-19-7-3-4-8-20(19)16-30(26)33;1-2-6-13-11-17-15(9-12(13)5-1)10-14-7-3-4-8-16(14)17;1-15(2)13-7-9(16)3-5-11(13)12-6-4-10(17)8-14(12)15;/h3-18H,1-2H3;1-9,11H,10H2;3-8H,1-2H3;1H4. The summed E-state index contributed by atoms with van der Waals surface area (Å²) in [6.45, 7) is 9.29. The van der Waals surface area contributed by atoms with E-state index in [9.17, 15) is 0 Å². The SMILES string of the molecule is C.CC1(C)c2cc(Br)ccc2-c2ccc(-n3c4ccccc4c4cc5ccccc5cc43)cc21.CC1(C)c2cc(Br)ccc2-c2ccc(I)cc21.c1ccc2c(c1)Cc1cc3ccccc3cc1-2. The van der Waals surface area contributed by atoms with Gasteiger partial charge in [0.1, 0.15) is 0 Å². The van der Waals surface area contributed by atoms with Crippen LogP contribution < -0.4 is 0 Å². The number of rotatable bonds is 1. The first-order chi connectivity index (χ1) is 32.4. The van der Waals surface area contributed by atoms with Crippen LogP contribution in [0.4, 0.5) is 0 Å². The number of fused-ring (bicyclic) bond motifs is 14. The zero-order valence-electron chi connectivity index (χ0n) is 37.8. The highest BCUT2D eigenvalue weighted by atomic mass is 127. The van der Waals surface area contributed by atoms with Gasteiger partial charge in [0.15, 0.2) is 0 Å². The van der Waals surface area contributed by atoms with E-state index < -0.39 is 0 Å². The molecular weight excluding hydrogens is 1070 g/mol. The minimum atomic E-state index is -0.0457. The molecule has 0 bridgehead atoms. The van der Waals surface area contributed by atoms with Crippen LogP contribution in [0.1, 0.15) is 68.5 Å². The van der Waals surface area contributed by atoms with Crippen LogP contribution in [0.15, 0.2) is 203 Å². The maximum atomic E-state index is 3.68. The van der Waals surface area contributed by atoms with Crippen LogP contribution in [-0.2, 0) is 17.3 Å². The number of halogens is 3. The molecule has 0 saturated heterocycles. The lowest BCUT2D eigenvalue weighted by molar-refractivity contribution is 0.659. The summed E-state index contributed by atoms with van der Waals surface area (Å²) in [5.74, 6) is 0. The summed E-state index contributed by atoms with van der Waals surface area (Å²) < 4.78 is 6.04. The molecular formula is C64H50Br2IN. The first-order valence-electron chi connectivity index (χ1n) is 23.0. The Morgan fingerprint density at radius 2 is 0.897 bits per heavy atom. The van der Waals surface area contributed by atoms with Crippen LogP contribution in [0.5, 0.6) is 0 Å². The largest absolute Gasteiger partial charge is 0.309 e. The van der Waals surface area contributed by atoms with Gasteiger partial charge in [0, 0.05) is 39.8 Å². The van der Waals surface area contributed by atoms with E-state index in [0.717, 1.165) is 15.4 Å². The Hall–Kier alpha value is -5.79. The third-order valence-electron chi connectivity index (χ3n) is 14.7. The molecule has 3 aliphatic rings. The summed E-state index contributed by atoms with van der Waals surface area (Å²) in [7, 11) is 0. The van der Waals surface area contributed by atoms with Crippen LogP contribution in [0.25, 0.3) is 82.4 Å². The molecule has 1 aromatic heterocycles. The van der Waals surface area contributed by atoms with Crippen molar-refractivity contribution in [3.63, 3.8) is 0 Å². The fourth-order valence-electron chi connectivity index (χ4n) is 11.3. The average Bonchev–Trinajstić information content (AvgIpc) is 4.00. The molecule has 0 unspecified atom stereocenters. The van der Waals surface area contributed by atoms with Crippen molar-refractivity contribution in [3.8, 4) is 39.1 Å². The second-order valence-electron chi connectivity index (χ2n) is 19.3. The predicted molar refractivity (Wildman–Crippen MR) is 307 cm³/mol. The Bertz CT molecular complexity index is 3780. The van der Waals surface area contributed by atoms with Crippen molar-refractivity contribution >= 4 is 97.8 Å². The molecule has 0 N–H and O–H groups in total. The number of hydrogen-bond acceptors (Lipinski definition) is 0. The van der Waals surface area contributed by atoms with Crippen LogP contribution >= 0.6 is 54.5 Å². The number of para-hydroxylation sites is 1. The number of hydrogen-bond donors (Lipinski definition) is 0. The molecule has 0 spiro atoms. The summed E-state index contributed by atoms with van der Waals surface area (Å²) in [6.07, 6.45) is 1.08. The fraction of sp³-hybridized carbons (Fsp3) is 0.125. The Balaban J connectivity index is 0.000000122. The first kappa shape index (κ1) is 44.7. The first-order valence-corrected chi connectivity index (χ1v) is 25.7. The summed E-state index contributed by atoms with van der Waals surface area (Å²) in [5, 5.41) is 7.83. The quantitative estimate of drug-likeness (QED) is 0.144. The molecule has 1 heterocycles. The van der Waals surface area contributed by atoms with Gasteiger partial charge >= 0.3 is 0 Å². The summed E-state index contributed by atoms with van der Waals surface area (Å²) >= 11 is 9.64. The van der Waals surface area contributed by atoms with Gasteiger partial charge < -0.3 is 4.57 Å². The number of aromatic nitrogens is 1. The molecule has 0 amide bonds. The van der Waals surface area contributed by atoms with E-state index >= 15 is 0 Å². The van der Waals surface area contributed by atoms with Crippen molar-refractivity contribution in [2.45, 2.75) is 52.4 Å². The van der Waals surface area contributed by atoms with Crippen molar-refractivity contribution in [1.82, 2.24) is 4.57 Å². The molecule has 0 fully saturated rings. The third kappa shape index (κ3) is 7.29. The monoisotopic (exact) mass is 1120 g/mol. The molecule has 68 heavy (non-hydrogen) atoms. The normalized spacial score (nSPS) is 13.9. The molecule has 1 nitrogen and oxygen atoms in total. The Labute approximate surface area is 430 Å². The fourth-order valence-corrected chi connectivity index (χ4v) is 12.5. The number of benzene rings is 10. The second-order valence-corrected chi connectivity index (χ2v) is 22.4. The summed E-state index contributed by atoms with van der Waals surface area (Å²) in [6, 6.07) is 71.1. The summed E-state index contributed by atoms with van der Waals surface area (Å²) in [4.78, 5) is 0. The summed E-state index contributed by atoms with van der Waals surface area (Å²) in [5.41, 5.74) is 20.6. The molecule has 11 aromatic rings. The molecule has 0 aliphatic heterocycles. The zero-order chi connectivity index (χ0) is 45.8. The maximum absolute atomic E-state index is 3.68. The average molecular weight is 1120 g/mol. The Morgan fingerprint density at radius 1 is 0.397 bits per heavy atom. The third-order valence-corrected chi connectivity index (χ3v) is 16.3. The highest BCUT2D eigenvalue weighted by molar-refractivity contribution is 14.1. The van der Waals surface area contributed by atoms with E-state index in [1.54, 1.807) is 0 Å². The van der Waals surface area contributed by atoms with E-state index in [1.165, 1.54) is 119 Å². The highest BCUT2D eigenvalue weighted by Gasteiger charge is 2.37. The molecule has 4 heteroatoms. The lowest BCUT2D eigenvalue weighted by atomic mass is 9.82. The second kappa shape index (κ2) is 17.0. The van der Waals surface area contributed by atoms with Crippen LogP contribution in [0, 0.1) is 3.57 Å². The van der Waals surface area contributed by atoms with E-state index in [0.29, 0.717) is 0 Å². The van der Waals surface area contributed by atoms with Crippen molar-refractivity contribution in [2.24, 2.45) is 0 Å². The van der Waals surface area contributed by atoms with E-state index in [-0.39, 0.29) is 18.3 Å². The Morgan fingerprint density at radius 3 is 1.56 bits per heavy atom. The Kier molecular flexibility index (Phi) is 11.2. The van der Waals surface area contributed by atoms with Gasteiger partial charge in [0.05, 0.1) is 11.0 Å². The minimum absolute atomic E-state index is 0. The van der Waals surface area contributed by atoms with Gasteiger partial charge in [0.25, 0.3) is 0 Å². The van der Waals surface area contributed by atoms with Gasteiger partial charge in [-0.2, -0.15) is 0 Å². The predicted octanol–water partition coefficient (Wildman–Crippen LogP) is 19.4. The molecule has 0 saturated carbocycles. The molecule has 10 aromatic carbocycles. The number of nitrogens with zero attached hydrogens (tertiary/aromatic N) is 1. The van der Waals surface area contributed by atoms with Crippen molar-refractivity contribution in [1.29, 1.82) is 0 Å². The lowest BCUT2D eigenvalue weighted by Crippen LogP contribution is -2.15. The van der Waals surface area contributed by atoms with Crippen LogP contribution in [-0.4, -0.2) is 4.57 Å². The van der Waals surface area contributed by atoms with Crippen molar-refractivity contribution in [3.05, 3.63) is 240 Å². The van der Waals surface area contributed by atoms with Crippen LogP contribution in [0.2, 0.25) is 0 Å². The van der Waals surface area contributed by atoms with E-state index in [1.807, 2.05) is 0 Å². The molecule has 0 radical (unpaired) electrons.